The summed E-state index contributed by atoms with van der Waals surface area (Å²) in [6.07, 6.45) is 9.84. The minimum absolute atomic E-state index is 0. The quantitative estimate of drug-likeness (QED) is 0.607. The maximum absolute atomic E-state index is 13.3. The fourth-order valence-corrected chi connectivity index (χ4v) is 6.16. The van der Waals surface area contributed by atoms with Crippen molar-refractivity contribution >= 4 is 18.4 Å². The summed E-state index contributed by atoms with van der Waals surface area (Å²) in [5, 5.41) is 0. The molecule has 4 saturated carbocycles. The molecule has 6 rings (SSSR count). The number of aryl methyl sites for hydroxylation is 1. The Morgan fingerprint density at radius 3 is 2.21 bits per heavy atom. The lowest BCUT2D eigenvalue weighted by molar-refractivity contribution is -0.161. The Kier molecular flexibility index (Phi) is 5.22. The molecular formula is C24H28ClNO2. The molecule has 4 bridgehead atoms. The van der Waals surface area contributed by atoms with Gasteiger partial charge in [-0.05, 0) is 80.4 Å². The number of carbonyl (C=O) groups excluding carboxylic acids is 1. The summed E-state index contributed by atoms with van der Waals surface area (Å²) in [4.78, 5) is 17.8. The Hall–Kier alpha value is -1.87. The van der Waals surface area contributed by atoms with Crippen LogP contribution >= 0.6 is 12.4 Å². The number of benzene rings is 1. The van der Waals surface area contributed by atoms with E-state index in [1.165, 1.54) is 24.8 Å². The molecule has 1 heterocycles. The van der Waals surface area contributed by atoms with Crippen LogP contribution in [-0.4, -0.2) is 11.0 Å². The fraction of sp³-hybridized carbons (Fsp3) is 0.500. The van der Waals surface area contributed by atoms with Gasteiger partial charge in [-0.15, -0.1) is 12.4 Å². The van der Waals surface area contributed by atoms with Crippen molar-refractivity contribution in [2.45, 2.75) is 51.9 Å². The average molecular weight is 398 g/mol. The van der Waals surface area contributed by atoms with Crippen LogP contribution in [0.4, 0.5) is 0 Å². The van der Waals surface area contributed by atoms with Crippen molar-refractivity contribution in [3.05, 3.63) is 48.2 Å². The van der Waals surface area contributed by atoms with E-state index in [1.54, 1.807) is 6.20 Å². The minimum atomic E-state index is -0.242. The molecule has 4 aliphatic carbocycles. The molecule has 2 aromatic rings. The highest BCUT2D eigenvalue weighted by Gasteiger charge is 2.55. The Labute approximate surface area is 173 Å². The Morgan fingerprint density at radius 2 is 1.64 bits per heavy atom. The van der Waals surface area contributed by atoms with Crippen LogP contribution in [0.5, 0.6) is 5.75 Å². The summed E-state index contributed by atoms with van der Waals surface area (Å²) in [6, 6.07) is 12.1. The van der Waals surface area contributed by atoms with Gasteiger partial charge in [0.25, 0.3) is 0 Å². The number of hydrogen-bond donors (Lipinski definition) is 0. The van der Waals surface area contributed by atoms with Crippen LogP contribution in [0.2, 0.25) is 0 Å². The lowest BCUT2D eigenvalue weighted by Crippen LogP contribution is -2.51. The Balaban J connectivity index is 0.00000192. The first-order chi connectivity index (χ1) is 13.1. The standard InChI is InChI=1S/C24H27NO2.ClH/c1-2-16-5-7-20(8-6-16)22-21(4-3-9-25-22)27-23(26)24-13-17-10-18(14-24)12-19(11-17)15-24;/h3-9,17-19H,2,10-15H2,1H3;1H. The second-order valence-electron chi connectivity index (χ2n) is 8.99. The molecule has 3 nitrogen and oxygen atoms in total. The van der Waals surface area contributed by atoms with Gasteiger partial charge in [0, 0.05) is 11.8 Å². The average Bonchev–Trinajstić information content (AvgIpc) is 2.67. The summed E-state index contributed by atoms with van der Waals surface area (Å²) in [7, 11) is 0. The van der Waals surface area contributed by atoms with E-state index in [0.717, 1.165) is 54.7 Å². The smallest absolute Gasteiger partial charge is 0.317 e. The second-order valence-corrected chi connectivity index (χ2v) is 8.99. The largest absolute Gasteiger partial charge is 0.424 e. The number of halogens is 1. The van der Waals surface area contributed by atoms with Gasteiger partial charge in [0.1, 0.15) is 5.69 Å². The third-order valence-electron chi connectivity index (χ3n) is 7.08. The van der Waals surface area contributed by atoms with Gasteiger partial charge >= 0.3 is 5.97 Å². The molecule has 0 spiro atoms. The molecule has 0 radical (unpaired) electrons. The van der Waals surface area contributed by atoms with Crippen molar-refractivity contribution < 1.29 is 9.53 Å². The van der Waals surface area contributed by atoms with Crippen molar-refractivity contribution in [3.8, 4) is 17.0 Å². The summed E-state index contributed by atoms with van der Waals surface area (Å²) in [5.41, 5.74) is 2.81. The number of rotatable bonds is 4. The van der Waals surface area contributed by atoms with Crippen LogP contribution in [0.3, 0.4) is 0 Å². The molecular weight excluding hydrogens is 370 g/mol. The second kappa shape index (κ2) is 7.51. The number of aromatic nitrogens is 1. The van der Waals surface area contributed by atoms with Crippen LogP contribution in [0.25, 0.3) is 11.3 Å². The summed E-state index contributed by atoms with van der Waals surface area (Å²) in [5.74, 6) is 2.79. The number of esters is 1. The van der Waals surface area contributed by atoms with Crippen LogP contribution in [0.15, 0.2) is 42.6 Å². The van der Waals surface area contributed by atoms with Crippen LogP contribution < -0.4 is 4.74 Å². The van der Waals surface area contributed by atoms with Crippen molar-refractivity contribution in [2.24, 2.45) is 23.2 Å². The molecule has 0 aliphatic heterocycles. The van der Waals surface area contributed by atoms with Crippen molar-refractivity contribution in [1.82, 2.24) is 4.98 Å². The Morgan fingerprint density at radius 1 is 1.04 bits per heavy atom. The van der Waals surface area contributed by atoms with Gasteiger partial charge in [-0.2, -0.15) is 0 Å². The van der Waals surface area contributed by atoms with E-state index in [1.807, 2.05) is 12.1 Å². The zero-order valence-electron chi connectivity index (χ0n) is 16.4. The number of nitrogens with zero attached hydrogens (tertiary/aromatic N) is 1. The predicted molar refractivity (Wildman–Crippen MR) is 113 cm³/mol. The fourth-order valence-electron chi connectivity index (χ4n) is 6.16. The first-order valence-electron chi connectivity index (χ1n) is 10.4. The normalized spacial score (nSPS) is 30.0. The van der Waals surface area contributed by atoms with Gasteiger partial charge in [-0.25, -0.2) is 0 Å². The highest BCUT2D eigenvalue weighted by atomic mass is 35.5. The van der Waals surface area contributed by atoms with Crippen molar-refractivity contribution in [3.63, 3.8) is 0 Å². The lowest BCUT2D eigenvalue weighted by Gasteiger charge is -2.55. The predicted octanol–water partition coefficient (Wildman–Crippen LogP) is 5.85. The highest BCUT2D eigenvalue weighted by molar-refractivity contribution is 5.85. The van der Waals surface area contributed by atoms with E-state index < -0.39 is 0 Å². The molecule has 4 heteroatoms. The number of ether oxygens (including phenoxy) is 1. The molecule has 0 amide bonds. The van der Waals surface area contributed by atoms with E-state index in [9.17, 15) is 4.79 Å². The van der Waals surface area contributed by atoms with Gasteiger partial charge in [0.2, 0.25) is 0 Å². The third-order valence-corrected chi connectivity index (χ3v) is 7.08. The zero-order valence-corrected chi connectivity index (χ0v) is 17.2. The zero-order chi connectivity index (χ0) is 18.4. The molecule has 4 fully saturated rings. The monoisotopic (exact) mass is 397 g/mol. The van der Waals surface area contributed by atoms with E-state index in [4.69, 9.17) is 4.74 Å². The SMILES string of the molecule is CCc1ccc(-c2ncccc2OC(=O)C23CC4CC(CC(C4)C2)C3)cc1.Cl. The maximum Gasteiger partial charge on any atom is 0.317 e. The van der Waals surface area contributed by atoms with Gasteiger partial charge in [-0.1, -0.05) is 31.2 Å². The molecule has 4 aliphatic rings. The summed E-state index contributed by atoms with van der Waals surface area (Å²) in [6.45, 7) is 2.15. The third kappa shape index (κ3) is 3.34. The molecule has 1 aromatic heterocycles. The number of pyridine rings is 1. The minimum Gasteiger partial charge on any atom is -0.424 e. The first kappa shape index (κ1) is 19.4. The molecule has 0 unspecified atom stereocenters. The van der Waals surface area contributed by atoms with Crippen molar-refractivity contribution in [2.75, 3.05) is 0 Å². The Bertz CT molecular complexity index is 826. The molecule has 28 heavy (non-hydrogen) atoms. The summed E-state index contributed by atoms with van der Waals surface area (Å²) < 4.78 is 6.04. The molecule has 148 valence electrons. The lowest BCUT2D eigenvalue weighted by atomic mass is 9.49. The highest BCUT2D eigenvalue weighted by Crippen LogP contribution is 2.60. The molecule has 0 atom stereocenters. The number of carbonyl (C=O) groups is 1. The number of hydrogen-bond acceptors (Lipinski definition) is 3. The van der Waals surface area contributed by atoms with Crippen LogP contribution in [0.1, 0.15) is 51.0 Å². The van der Waals surface area contributed by atoms with E-state index in [-0.39, 0.29) is 23.8 Å². The van der Waals surface area contributed by atoms with E-state index in [0.29, 0.717) is 5.75 Å². The van der Waals surface area contributed by atoms with E-state index in [2.05, 4.69) is 36.2 Å². The topological polar surface area (TPSA) is 39.2 Å². The van der Waals surface area contributed by atoms with Gasteiger partial charge < -0.3 is 4.74 Å². The van der Waals surface area contributed by atoms with Crippen molar-refractivity contribution in [1.29, 1.82) is 0 Å². The van der Waals surface area contributed by atoms with Gasteiger partial charge in [-0.3, -0.25) is 9.78 Å². The van der Waals surface area contributed by atoms with Gasteiger partial charge in [0.05, 0.1) is 5.41 Å². The van der Waals surface area contributed by atoms with Gasteiger partial charge in [0.15, 0.2) is 5.75 Å². The molecule has 0 saturated heterocycles. The maximum atomic E-state index is 13.3. The summed E-state index contributed by atoms with van der Waals surface area (Å²) >= 11 is 0. The van der Waals surface area contributed by atoms with Crippen LogP contribution in [-0.2, 0) is 11.2 Å². The van der Waals surface area contributed by atoms with Crippen LogP contribution in [0, 0.1) is 23.2 Å². The first-order valence-corrected chi connectivity index (χ1v) is 10.4. The molecule has 1 aromatic carbocycles. The molecule has 0 N–H and O–H groups in total. The van der Waals surface area contributed by atoms with E-state index >= 15 is 0 Å².